The molecule has 1 aliphatic carbocycles. The lowest BCUT2D eigenvalue weighted by atomic mass is 9.83. The zero-order chi connectivity index (χ0) is 18.8. The Kier molecular flexibility index (Phi) is 5.28. The average Bonchev–Trinajstić information content (AvgIpc) is 3.18. The number of likely N-dealkylation sites (tertiary alicyclic amines) is 1. The number of hydrogen-bond acceptors (Lipinski definition) is 3. The number of carbonyl (C=O) groups is 1. The molecule has 0 radical (unpaired) electrons. The molecule has 0 bridgehead atoms. The lowest BCUT2D eigenvalue weighted by Crippen LogP contribution is -2.41. The van der Waals surface area contributed by atoms with Gasteiger partial charge in [-0.25, -0.2) is 4.98 Å². The molecule has 27 heavy (non-hydrogen) atoms. The number of rotatable bonds is 4. The van der Waals surface area contributed by atoms with Crippen molar-refractivity contribution in [3.63, 3.8) is 0 Å². The molecule has 2 heterocycles. The normalized spacial score (nSPS) is 21.1. The molecule has 0 unspecified atom stereocenters. The van der Waals surface area contributed by atoms with Gasteiger partial charge in [0.2, 0.25) is 5.91 Å². The van der Waals surface area contributed by atoms with Crippen molar-refractivity contribution in [1.82, 2.24) is 14.5 Å². The first-order chi connectivity index (χ1) is 13.1. The van der Waals surface area contributed by atoms with Crippen molar-refractivity contribution in [2.24, 2.45) is 5.92 Å². The summed E-state index contributed by atoms with van der Waals surface area (Å²) in [6, 6.07) is 6.08. The number of aromatic nitrogens is 2. The molecular formula is C22H29N3O2. The van der Waals surface area contributed by atoms with E-state index in [0.29, 0.717) is 30.3 Å². The van der Waals surface area contributed by atoms with Gasteiger partial charge in [0, 0.05) is 25.6 Å². The highest BCUT2D eigenvalue weighted by molar-refractivity contribution is 5.80. The van der Waals surface area contributed by atoms with Gasteiger partial charge in [-0.2, -0.15) is 0 Å². The number of fused-ring (bicyclic) bond motifs is 1. The van der Waals surface area contributed by atoms with E-state index < -0.39 is 0 Å². The van der Waals surface area contributed by atoms with E-state index in [1.807, 2.05) is 25.1 Å². The molecule has 5 heteroatoms. The molecule has 4 rings (SSSR count). The zero-order valence-electron chi connectivity index (χ0n) is 16.2. The molecule has 2 fully saturated rings. The van der Waals surface area contributed by atoms with E-state index >= 15 is 0 Å². The Morgan fingerprint density at radius 3 is 2.78 bits per heavy atom. The fourth-order valence-electron chi connectivity index (χ4n) is 4.97. The third-order valence-electron chi connectivity index (χ3n) is 6.44. The van der Waals surface area contributed by atoms with E-state index in [4.69, 9.17) is 0 Å². The SMILES string of the molecule is Cc1cccc2c(=O)n(CCC(=O)N3CCC[C@H]3C3CCCCC3)cnc12. The van der Waals surface area contributed by atoms with Crippen molar-refractivity contribution >= 4 is 16.8 Å². The first kappa shape index (κ1) is 18.2. The number of aryl methyl sites for hydroxylation is 2. The van der Waals surface area contributed by atoms with Gasteiger partial charge in [0.1, 0.15) is 0 Å². The van der Waals surface area contributed by atoms with E-state index in [1.54, 1.807) is 10.9 Å². The number of para-hydroxylation sites is 1. The van der Waals surface area contributed by atoms with Gasteiger partial charge >= 0.3 is 0 Å². The van der Waals surface area contributed by atoms with Crippen LogP contribution >= 0.6 is 0 Å². The van der Waals surface area contributed by atoms with E-state index in [0.717, 1.165) is 30.5 Å². The number of benzene rings is 1. The highest BCUT2D eigenvalue weighted by Crippen LogP contribution is 2.34. The summed E-state index contributed by atoms with van der Waals surface area (Å²) in [5, 5.41) is 0.631. The van der Waals surface area contributed by atoms with Crippen LogP contribution in [0.5, 0.6) is 0 Å². The second kappa shape index (κ2) is 7.83. The van der Waals surface area contributed by atoms with Gasteiger partial charge in [-0.1, -0.05) is 31.4 Å². The van der Waals surface area contributed by atoms with Gasteiger partial charge in [0.25, 0.3) is 5.56 Å². The Hall–Kier alpha value is -2.17. The van der Waals surface area contributed by atoms with Gasteiger partial charge in [-0.15, -0.1) is 0 Å². The predicted molar refractivity (Wildman–Crippen MR) is 107 cm³/mol. The Labute approximate surface area is 160 Å². The van der Waals surface area contributed by atoms with Crippen LogP contribution in [0.1, 0.15) is 56.9 Å². The topological polar surface area (TPSA) is 55.2 Å². The van der Waals surface area contributed by atoms with Gasteiger partial charge in [-0.05, 0) is 50.2 Å². The van der Waals surface area contributed by atoms with Crippen molar-refractivity contribution < 1.29 is 4.79 Å². The van der Waals surface area contributed by atoms with Crippen LogP contribution in [-0.4, -0.2) is 32.9 Å². The quantitative estimate of drug-likeness (QED) is 0.828. The summed E-state index contributed by atoms with van der Waals surface area (Å²) in [5.74, 6) is 0.873. The third-order valence-corrected chi connectivity index (χ3v) is 6.44. The molecule has 0 spiro atoms. The first-order valence-electron chi connectivity index (χ1n) is 10.4. The number of nitrogens with zero attached hydrogens (tertiary/aromatic N) is 3. The standard InChI is InChI=1S/C22H29N3O2/c1-16-7-5-10-18-21(16)23-15-24(22(18)27)14-12-20(26)25-13-6-11-19(25)17-8-3-2-4-9-17/h5,7,10,15,17,19H,2-4,6,8-9,11-14H2,1H3/t19-/m0/s1. The molecule has 1 aliphatic heterocycles. The Morgan fingerprint density at radius 1 is 1.15 bits per heavy atom. The second-order valence-electron chi connectivity index (χ2n) is 8.16. The molecule has 1 saturated carbocycles. The maximum atomic E-state index is 12.9. The Bertz CT molecular complexity index is 883. The van der Waals surface area contributed by atoms with Crippen molar-refractivity contribution in [1.29, 1.82) is 0 Å². The van der Waals surface area contributed by atoms with Crippen LogP contribution in [0.25, 0.3) is 10.9 Å². The van der Waals surface area contributed by atoms with Crippen molar-refractivity contribution in [2.75, 3.05) is 6.54 Å². The van der Waals surface area contributed by atoms with E-state index in [1.165, 1.54) is 32.1 Å². The van der Waals surface area contributed by atoms with Crippen molar-refractivity contribution in [3.05, 3.63) is 40.4 Å². The molecule has 1 aromatic heterocycles. The molecule has 2 aromatic rings. The van der Waals surface area contributed by atoms with E-state index in [2.05, 4.69) is 9.88 Å². The lowest BCUT2D eigenvalue weighted by Gasteiger charge is -2.34. The minimum atomic E-state index is -0.0539. The molecule has 1 aromatic carbocycles. The second-order valence-corrected chi connectivity index (χ2v) is 8.16. The van der Waals surface area contributed by atoms with Crippen LogP contribution in [0.3, 0.4) is 0 Å². The van der Waals surface area contributed by atoms with E-state index in [9.17, 15) is 9.59 Å². The van der Waals surface area contributed by atoms with Crippen LogP contribution in [0, 0.1) is 12.8 Å². The molecule has 2 aliphatic rings. The molecule has 1 saturated heterocycles. The van der Waals surface area contributed by atoms with Gasteiger partial charge in [0.05, 0.1) is 17.2 Å². The highest BCUT2D eigenvalue weighted by atomic mass is 16.2. The minimum absolute atomic E-state index is 0.0539. The summed E-state index contributed by atoms with van der Waals surface area (Å²) in [4.78, 5) is 32.2. The third kappa shape index (κ3) is 3.64. The van der Waals surface area contributed by atoms with Crippen LogP contribution in [-0.2, 0) is 11.3 Å². The van der Waals surface area contributed by atoms with Crippen molar-refractivity contribution in [2.45, 2.75) is 70.9 Å². The summed E-state index contributed by atoms with van der Waals surface area (Å²) in [6.45, 7) is 3.24. The smallest absolute Gasteiger partial charge is 0.261 e. The maximum Gasteiger partial charge on any atom is 0.261 e. The van der Waals surface area contributed by atoms with Crippen LogP contribution in [0.2, 0.25) is 0 Å². The molecular weight excluding hydrogens is 338 g/mol. The zero-order valence-corrected chi connectivity index (χ0v) is 16.2. The average molecular weight is 367 g/mol. The monoisotopic (exact) mass is 367 g/mol. The fourth-order valence-corrected chi connectivity index (χ4v) is 4.97. The van der Waals surface area contributed by atoms with Gasteiger partial charge in [0.15, 0.2) is 0 Å². The van der Waals surface area contributed by atoms with Crippen LogP contribution in [0.15, 0.2) is 29.3 Å². The summed E-state index contributed by atoms with van der Waals surface area (Å²) < 4.78 is 1.59. The number of amides is 1. The summed E-state index contributed by atoms with van der Waals surface area (Å²) in [6.07, 6.45) is 10.7. The summed E-state index contributed by atoms with van der Waals surface area (Å²) >= 11 is 0. The number of carbonyl (C=O) groups excluding carboxylic acids is 1. The Morgan fingerprint density at radius 2 is 1.96 bits per heavy atom. The minimum Gasteiger partial charge on any atom is -0.339 e. The van der Waals surface area contributed by atoms with Gasteiger partial charge in [-0.3, -0.25) is 14.2 Å². The van der Waals surface area contributed by atoms with E-state index in [-0.39, 0.29) is 11.5 Å². The van der Waals surface area contributed by atoms with Crippen LogP contribution in [0.4, 0.5) is 0 Å². The van der Waals surface area contributed by atoms with Crippen molar-refractivity contribution in [3.8, 4) is 0 Å². The predicted octanol–water partition coefficient (Wildman–Crippen LogP) is 3.67. The summed E-state index contributed by atoms with van der Waals surface area (Å²) in [7, 11) is 0. The number of hydrogen-bond donors (Lipinski definition) is 0. The fraction of sp³-hybridized carbons (Fsp3) is 0.591. The molecule has 144 valence electrons. The Balaban J connectivity index is 1.45. The highest BCUT2D eigenvalue weighted by Gasteiger charge is 2.34. The van der Waals surface area contributed by atoms with Gasteiger partial charge < -0.3 is 4.90 Å². The molecule has 1 amide bonds. The molecule has 1 atom stereocenters. The summed E-state index contributed by atoms with van der Waals surface area (Å²) in [5.41, 5.74) is 1.70. The van der Waals surface area contributed by atoms with Crippen LogP contribution < -0.4 is 5.56 Å². The molecule has 0 N–H and O–H groups in total. The lowest BCUT2D eigenvalue weighted by molar-refractivity contribution is -0.133. The molecule has 5 nitrogen and oxygen atoms in total. The maximum absolute atomic E-state index is 12.9. The largest absolute Gasteiger partial charge is 0.339 e. The first-order valence-corrected chi connectivity index (χ1v) is 10.4.